The molecule has 16 heavy (non-hydrogen) atoms. The maximum Gasteiger partial charge on any atom is 0.217 e. The number of rotatable bonds is 2. The van der Waals surface area contributed by atoms with Gasteiger partial charge in [0.2, 0.25) is 4.38 Å². The van der Waals surface area contributed by atoms with Gasteiger partial charge in [-0.05, 0) is 68.6 Å². The maximum absolute atomic E-state index is 5.70. The number of thiocarbonyl (C=S) groups is 1. The highest BCUT2D eigenvalue weighted by Crippen LogP contribution is 2.59. The van der Waals surface area contributed by atoms with E-state index in [2.05, 4.69) is 25.0 Å². The second-order valence-electron chi connectivity index (χ2n) is 5.53. The molecule has 90 valence electrons. The van der Waals surface area contributed by atoms with Gasteiger partial charge in [-0.25, -0.2) is 0 Å². The first-order valence-electron chi connectivity index (χ1n) is 6.27. The van der Waals surface area contributed by atoms with Crippen LogP contribution < -0.4 is 5.32 Å². The van der Waals surface area contributed by atoms with Crippen molar-refractivity contribution < 1.29 is 4.74 Å². The topological polar surface area (TPSA) is 21.3 Å². The van der Waals surface area contributed by atoms with E-state index in [1.54, 1.807) is 0 Å². The van der Waals surface area contributed by atoms with E-state index in [4.69, 9.17) is 17.0 Å². The van der Waals surface area contributed by atoms with Gasteiger partial charge < -0.3 is 10.1 Å². The van der Waals surface area contributed by atoms with E-state index in [-0.39, 0.29) is 0 Å². The highest BCUT2D eigenvalue weighted by Gasteiger charge is 2.57. The van der Waals surface area contributed by atoms with Gasteiger partial charge in [0.1, 0.15) is 6.10 Å². The summed E-state index contributed by atoms with van der Waals surface area (Å²) < 4.78 is 6.13. The largest absolute Gasteiger partial charge is 0.475 e. The van der Waals surface area contributed by atoms with Gasteiger partial charge in [-0.1, -0.05) is 12.6 Å². The van der Waals surface area contributed by atoms with Crippen molar-refractivity contribution in [3.63, 3.8) is 0 Å². The van der Waals surface area contributed by atoms with Gasteiger partial charge in [-0.3, -0.25) is 0 Å². The van der Waals surface area contributed by atoms with Crippen LogP contribution in [0.15, 0.2) is 0 Å². The Labute approximate surface area is 108 Å². The molecule has 6 unspecified atom stereocenters. The third-order valence-electron chi connectivity index (χ3n) is 5.07. The number of hydrogen-bond donors (Lipinski definition) is 2. The molecule has 3 fully saturated rings. The third kappa shape index (κ3) is 1.61. The summed E-state index contributed by atoms with van der Waals surface area (Å²) in [6.07, 6.45) is 5.64. The second-order valence-corrected chi connectivity index (χ2v) is 6.61. The van der Waals surface area contributed by atoms with Crippen molar-refractivity contribution in [2.75, 3.05) is 7.05 Å². The fraction of sp³-hybridized carbons (Fsp3) is 0.917. The monoisotopic (exact) mass is 257 g/mol. The average molecular weight is 257 g/mol. The molecule has 3 saturated carbocycles. The minimum absolute atomic E-state index is 0.367. The van der Waals surface area contributed by atoms with Crippen molar-refractivity contribution in [1.29, 1.82) is 0 Å². The lowest BCUT2D eigenvalue weighted by Gasteiger charge is -2.33. The second kappa shape index (κ2) is 4.14. The fourth-order valence-corrected chi connectivity index (χ4v) is 4.93. The molecule has 6 atom stereocenters. The zero-order chi connectivity index (χ0) is 11.3. The number of thiol groups is 1. The lowest BCUT2D eigenvalue weighted by molar-refractivity contribution is 0.0763. The fourth-order valence-electron chi connectivity index (χ4n) is 4.67. The molecular weight excluding hydrogens is 238 g/mol. The number of fused-ring (bicyclic) bond motifs is 5. The smallest absolute Gasteiger partial charge is 0.217 e. The van der Waals surface area contributed by atoms with Crippen LogP contribution in [0.4, 0.5) is 0 Å². The zero-order valence-corrected chi connectivity index (χ0v) is 11.3. The molecule has 0 aromatic carbocycles. The van der Waals surface area contributed by atoms with Crippen LogP contribution in [0.5, 0.6) is 0 Å². The van der Waals surface area contributed by atoms with E-state index in [1.165, 1.54) is 25.7 Å². The van der Waals surface area contributed by atoms with Crippen LogP contribution in [-0.4, -0.2) is 23.6 Å². The number of ether oxygens (including phenoxy) is 1. The first kappa shape index (κ1) is 11.3. The van der Waals surface area contributed by atoms with Crippen molar-refractivity contribution >= 4 is 29.2 Å². The minimum Gasteiger partial charge on any atom is -0.475 e. The predicted octanol–water partition coefficient (Wildman–Crippen LogP) is 2.24. The van der Waals surface area contributed by atoms with E-state index in [9.17, 15) is 0 Å². The molecule has 0 radical (unpaired) electrons. The summed E-state index contributed by atoms with van der Waals surface area (Å²) in [6.45, 7) is 0. The minimum atomic E-state index is 0.367. The first-order valence-corrected chi connectivity index (χ1v) is 7.13. The summed E-state index contributed by atoms with van der Waals surface area (Å²) in [4.78, 5) is 0. The van der Waals surface area contributed by atoms with Gasteiger partial charge >= 0.3 is 0 Å². The predicted molar refractivity (Wildman–Crippen MR) is 71.7 cm³/mol. The molecule has 3 aliphatic rings. The summed E-state index contributed by atoms with van der Waals surface area (Å²) in [5.41, 5.74) is 0. The zero-order valence-electron chi connectivity index (χ0n) is 9.56. The van der Waals surface area contributed by atoms with Crippen LogP contribution in [-0.2, 0) is 4.74 Å². The molecule has 2 nitrogen and oxygen atoms in total. The van der Waals surface area contributed by atoms with Crippen molar-refractivity contribution in [3.8, 4) is 0 Å². The lowest BCUT2D eigenvalue weighted by atomic mass is 9.79. The molecule has 0 aromatic rings. The Morgan fingerprint density at radius 3 is 2.81 bits per heavy atom. The van der Waals surface area contributed by atoms with Crippen molar-refractivity contribution in [3.05, 3.63) is 0 Å². The molecule has 3 rings (SSSR count). The highest BCUT2D eigenvalue weighted by molar-refractivity contribution is 8.10. The van der Waals surface area contributed by atoms with Gasteiger partial charge in [0.25, 0.3) is 0 Å². The molecule has 0 spiro atoms. The molecule has 0 saturated heterocycles. The number of hydrogen-bond acceptors (Lipinski definition) is 3. The van der Waals surface area contributed by atoms with Gasteiger partial charge in [0, 0.05) is 6.04 Å². The van der Waals surface area contributed by atoms with E-state index in [0.717, 1.165) is 29.7 Å². The average Bonchev–Trinajstić information content (AvgIpc) is 2.84. The van der Waals surface area contributed by atoms with Gasteiger partial charge in [0.05, 0.1) is 0 Å². The summed E-state index contributed by atoms with van der Waals surface area (Å²) in [6, 6.07) is 0.754. The van der Waals surface area contributed by atoms with Crippen LogP contribution in [0.1, 0.15) is 25.7 Å². The first-order chi connectivity index (χ1) is 7.70. The molecule has 0 amide bonds. The Kier molecular flexibility index (Phi) is 2.93. The van der Waals surface area contributed by atoms with Crippen molar-refractivity contribution in [2.45, 2.75) is 37.8 Å². The van der Waals surface area contributed by atoms with E-state index >= 15 is 0 Å². The van der Waals surface area contributed by atoms with Crippen LogP contribution >= 0.6 is 24.8 Å². The molecule has 0 aromatic heterocycles. The van der Waals surface area contributed by atoms with E-state index in [0.29, 0.717) is 10.5 Å². The normalized spacial score (nSPS) is 49.4. The van der Waals surface area contributed by atoms with Crippen molar-refractivity contribution in [2.24, 2.45) is 23.7 Å². The highest BCUT2D eigenvalue weighted by atomic mass is 32.1. The summed E-state index contributed by atoms with van der Waals surface area (Å²) >= 11 is 9.04. The SMILES string of the molecule is CNC1CCC2C3CC(CC3OC(=S)S)C12. The van der Waals surface area contributed by atoms with Crippen LogP contribution in [0, 0.1) is 23.7 Å². The van der Waals surface area contributed by atoms with Crippen LogP contribution in [0.3, 0.4) is 0 Å². The standard InChI is InChI=1S/C12H19NOS2/c1-13-9-3-2-7-8-4-6(11(7)9)5-10(8)14-12(15)16/h6-11,13H,2-5H2,1H3,(H,15,16). The van der Waals surface area contributed by atoms with Crippen LogP contribution in [0.25, 0.3) is 0 Å². The Hall–Kier alpha value is 0.200. The molecule has 1 N–H and O–H groups in total. The van der Waals surface area contributed by atoms with Gasteiger partial charge in [0.15, 0.2) is 0 Å². The molecule has 0 heterocycles. The van der Waals surface area contributed by atoms with Gasteiger partial charge in [-0.15, -0.1) is 0 Å². The summed E-state index contributed by atoms with van der Waals surface area (Å²) in [7, 11) is 2.11. The molecule has 4 heteroatoms. The Balaban J connectivity index is 1.73. The Morgan fingerprint density at radius 2 is 2.12 bits per heavy atom. The van der Waals surface area contributed by atoms with Crippen molar-refractivity contribution in [1.82, 2.24) is 5.32 Å². The maximum atomic E-state index is 5.70. The van der Waals surface area contributed by atoms with Gasteiger partial charge in [-0.2, -0.15) is 0 Å². The summed E-state index contributed by atoms with van der Waals surface area (Å²) in [5, 5.41) is 3.49. The lowest BCUT2D eigenvalue weighted by Crippen LogP contribution is -2.38. The molecule has 2 bridgehead atoms. The molecular formula is C12H19NOS2. The Bertz CT molecular complexity index is 309. The van der Waals surface area contributed by atoms with E-state index in [1.807, 2.05) is 0 Å². The molecule has 0 aliphatic heterocycles. The number of nitrogens with one attached hydrogen (secondary N) is 1. The molecule has 3 aliphatic carbocycles. The third-order valence-corrected chi connectivity index (χ3v) is 5.28. The van der Waals surface area contributed by atoms with Crippen LogP contribution in [0.2, 0.25) is 0 Å². The summed E-state index contributed by atoms with van der Waals surface area (Å²) in [5.74, 6) is 3.40. The van der Waals surface area contributed by atoms with E-state index < -0.39 is 0 Å². The Morgan fingerprint density at radius 1 is 1.31 bits per heavy atom. The quantitative estimate of drug-likeness (QED) is 0.585.